The molecule has 148 valence electrons. The molecule has 1 amide bonds. The van der Waals surface area contributed by atoms with Crippen LogP contribution in [0.25, 0.3) is 6.08 Å². The molecule has 3 rings (SSSR count). The lowest BCUT2D eigenvalue weighted by molar-refractivity contribution is -0.112. The maximum absolute atomic E-state index is 12.3. The quantitative estimate of drug-likeness (QED) is 0.333. The summed E-state index contributed by atoms with van der Waals surface area (Å²) in [5.41, 5.74) is 0.934. The van der Waals surface area contributed by atoms with Crippen molar-refractivity contribution in [2.75, 3.05) is 11.6 Å². The molecule has 8 nitrogen and oxygen atoms in total. The number of carbonyl (C=O) groups excluding carboxylic acids is 1. The topological polar surface area (TPSA) is 126 Å². The lowest BCUT2D eigenvalue weighted by atomic mass is 10.2. The number of carbonyl (C=O) groups is 1. The Balaban J connectivity index is 1.66. The lowest BCUT2D eigenvalue weighted by Crippen LogP contribution is -2.13. The first-order valence-corrected chi connectivity index (χ1v) is 11.7. The fourth-order valence-corrected chi connectivity index (χ4v) is 4.34. The number of sulfone groups is 1. The number of nitriles is 1. The summed E-state index contributed by atoms with van der Waals surface area (Å²) < 4.78 is 32.1. The fourth-order valence-electron chi connectivity index (χ4n) is 2.08. The van der Waals surface area contributed by atoms with Crippen molar-refractivity contribution in [3.05, 3.63) is 59.4 Å². The maximum atomic E-state index is 12.3. The standard InChI is InChI=1S/C18H14N4O4S3/c1-29(24,25)18-21-17(28-22-18)20-16(23)13(10-19)9-14-7-8-15(26-14)27-11-12-5-3-2-4-6-12/h2-9H,11H2,1H3,(H,20,21,22,23). The smallest absolute Gasteiger partial charge is 0.268 e. The van der Waals surface area contributed by atoms with Crippen molar-refractivity contribution < 1.29 is 17.6 Å². The van der Waals surface area contributed by atoms with E-state index >= 15 is 0 Å². The summed E-state index contributed by atoms with van der Waals surface area (Å²) in [5, 5.41) is 11.9. The molecule has 0 atom stereocenters. The molecular weight excluding hydrogens is 432 g/mol. The zero-order valence-electron chi connectivity index (χ0n) is 15.0. The number of nitrogens with zero attached hydrogens (tertiary/aromatic N) is 3. The minimum atomic E-state index is -3.58. The average Bonchev–Trinajstić information content (AvgIpc) is 3.34. The molecule has 0 aliphatic carbocycles. The summed E-state index contributed by atoms with van der Waals surface area (Å²) in [6, 6.07) is 15.1. The molecule has 0 unspecified atom stereocenters. The normalized spacial score (nSPS) is 11.8. The molecule has 1 aromatic carbocycles. The molecule has 11 heteroatoms. The van der Waals surface area contributed by atoms with Gasteiger partial charge in [0.25, 0.3) is 11.1 Å². The number of aromatic nitrogens is 2. The Morgan fingerprint density at radius 1 is 1.31 bits per heavy atom. The SMILES string of the molecule is CS(=O)(=O)c1nsc(NC(=O)C(C#N)=Cc2ccc(SCc3ccccc3)o2)n1. The van der Waals surface area contributed by atoms with Gasteiger partial charge in [0.1, 0.15) is 17.4 Å². The van der Waals surface area contributed by atoms with Crippen molar-refractivity contribution >= 4 is 50.2 Å². The van der Waals surface area contributed by atoms with Crippen molar-refractivity contribution in [3.8, 4) is 6.07 Å². The van der Waals surface area contributed by atoms with Crippen molar-refractivity contribution in [1.29, 1.82) is 5.26 Å². The molecule has 0 aliphatic heterocycles. The van der Waals surface area contributed by atoms with Gasteiger partial charge in [0.2, 0.25) is 15.0 Å². The van der Waals surface area contributed by atoms with E-state index in [9.17, 15) is 18.5 Å². The molecule has 3 aromatic rings. The van der Waals surface area contributed by atoms with E-state index in [4.69, 9.17) is 4.42 Å². The van der Waals surface area contributed by atoms with Crippen molar-refractivity contribution in [3.63, 3.8) is 0 Å². The van der Waals surface area contributed by atoms with Crippen LogP contribution in [0.1, 0.15) is 11.3 Å². The second-order valence-electron chi connectivity index (χ2n) is 5.71. The Kier molecular flexibility index (Phi) is 6.48. The van der Waals surface area contributed by atoms with E-state index in [1.165, 1.54) is 17.8 Å². The molecule has 0 saturated carbocycles. The van der Waals surface area contributed by atoms with Gasteiger partial charge in [0.05, 0.1) is 0 Å². The van der Waals surface area contributed by atoms with Crippen LogP contribution in [0, 0.1) is 11.3 Å². The van der Waals surface area contributed by atoms with Crippen molar-refractivity contribution in [2.24, 2.45) is 0 Å². The molecule has 2 aromatic heterocycles. The molecule has 2 heterocycles. The van der Waals surface area contributed by atoms with Gasteiger partial charge in [-0.25, -0.2) is 8.42 Å². The number of anilines is 1. The van der Waals surface area contributed by atoms with Crippen LogP contribution >= 0.6 is 23.3 Å². The van der Waals surface area contributed by atoms with Gasteiger partial charge in [-0.15, -0.1) is 0 Å². The van der Waals surface area contributed by atoms with E-state index in [2.05, 4.69) is 14.7 Å². The third kappa shape index (κ3) is 5.77. The molecule has 0 radical (unpaired) electrons. The highest BCUT2D eigenvalue weighted by Crippen LogP contribution is 2.26. The van der Waals surface area contributed by atoms with Crippen LogP contribution in [0.4, 0.5) is 5.13 Å². The Hall–Kier alpha value is -2.94. The number of furan rings is 1. The number of hydrogen-bond donors (Lipinski definition) is 1. The van der Waals surface area contributed by atoms with Gasteiger partial charge in [0.15, 0.2) is 5.09 Å². The van der Waals surface area contributed by atoms with Gasteiger partial charge < -0.3 is 4.42 Å². The highest BCUT2D eigenvalue weighted by atomic mass is 32.2. The zero-order chi connectivity index (χ0) is 20.9. The summed E-state index contributed by atoms with van der Waals surface area (Å²) in [7, 11) is -3.58. The Bertz CT molecular complexity index is 1190. The molecular formula is C18H14N4O4S3. The van der Waals surface area contributed by atoms with E-state index < -0.39 is 15.7 Å². The van der Waals surface area contributed by atoms with Gasteiger partial charge in [-0.2, -0.15) is 14.6 Å². The van der Waals surface area contributed by atoms with Crippen LogP contribution in [0.5, 0.6) is 0 Å². The molecule has 0 fully saturated rings. The number of nitrogens with one attached hydrogen (secondary N) is 1. The second-order valence-corrected chi connectivity index (χ2v) is 9.35. The first-order valence-electron chi connectivity index (χ1n) is 8.08. The summed E-state index contributed by atoms with van der Waals surface area (Å²) in [6.07, 6.45) is 2.27. The first-order chi connectivity index (χ1) is 13.8. The van der Waals surface area contributed by atoms with Gasteiger partial charge >= 0.3 is 0 Å². The summed E-state index contributed by atoms with van der Waals surface area (Å²) in [5.74, 6) is 0.336. The third-order valence-corrected chi connectivity index (χ3v) is 6.01. The van der Waals surface area contributed by atoms with E-state index in [1.807, 2.05) is 30.3 Å². The fraction of sp³-hybridized carbons (Fsp3) is 0.111. The molecule has 29 heavy (non-hydrogen) atoms. The highest BCUT2D eigenvalue weighted by Gasteiger charge is 2.17. The van der Waals surface area contributed by atoms with Crippen LogP contribution < -0.4 is 5.32 Å². The van der Waals surface area contributed by atoms with Crippen LogP contribution in [0.2, 0.25) is 0 Å². The molecule has 0 spiro atoms. The van der Waals surface area contributed by atoms with E-state index in [-0.39, 0.29) is 15.9 Å². The van der Waals surface area contributed by atoms with E-state index in [0.29, 0.717) is 22.4 Å². The molecule has 0 aliphatic rings. The first kappa shape index (κ1) is 20.8. The third-order valence-electron chi connectivity index (χ3n) is 3.44. The summed E-state index contributed by atoms with van der Waals surface area (Å²) >= 11 is 2.20. The number of amides is 1. The number of hydrogen-bond acceptors (Lipinski definition) is 9. The molecule has 0 bridgehead atoms. The zero-order valence-corrected chi connectivity index (χ0v) is 17.5. The maximum Gasteiger partial charge on any atom is 0.268 e. The number of benzene rings is 1. The summed E-state index contributed by atoms with van der Waals surface area (Å²) in [4.78, 5) is 16.0. The van der Waals surface area contributed by atoms with Gasteiger partial charge in [-0.05, 0) is 17.7 Å². The number of thioether (sulfide) groups is 1. The van der Waals surface area contributed by atoms with Crippen molar-refractivity contribution in [1.82, 2.24) is 9.36 Å². The predicted octanol–water partition coefficient (Wildman–Crippen LogP) is 3.37. The lowest BCUT2D eigenvalue weighted by Gasteiger charge is -1.99. The average molecular weight is 447 g/mol. The van der Waals surface area contributed by atoms with Crippen LogP contribution in [0.3, 0.4) is 0 Å². The highest BCUT2D eigenvalue weighted by molar-refractivity contribution is 7.98. The Morgan fingerprint density at radius 2 is 2.07 bits per heavy atom. The Labute approximate surface area is 175 Å². The van der Waals surface area contributed by atoms with Gasteiger partial charge in [0, 0.05) is 29.6 Å². The van der Waals surface area contributed by atoms with E-state index in [0.717, 1.165) is 17.6 Å². The largest absolute Gasteiger partial charge is 0.450 e. The monoisotopic (exact) mass is 446 g/mol. The van der Waals surface area contributed by atoms with Crippen LogP contribution in [-0.4, -0.2) is 29.9 Å². The summed E-state index contributed by atoms with van der Waals surface area (Å²) in [6.45, 7) is 0. The number of rotatable bonds is 7. The molecule has 0 saturated heterocycles. The van der Waals surface area contributed by atoms with Crippen LogP contribution in [-0.2, 0) is 20.4 Å². The van der Waals surface area contributed by atoms with Crippen molar-refractivity contribution in [2.45, 2.75) is 16.0 Å². The van der Waals surface area contributed by atoms with E-state index in [1.54, 1.807) is 18.2 Å². The van der Waals surface area contributed by atoms with Gasteiger partial charge in [-0.3, -0.25) is 10.1 Å². The minimum absolute atomic E-state index is 0.0184. The van der Waals surface area contributed by atoms with Gasteiger partial charge in [-0.1, -0.05) is 42.1 Å². The Morgan fingerprint density at radius 3 is 2.72 bits per heavy atom. The predicted molar refractivity (Wildman–Crippen MR) is 110 cm³/mol. The molecule has 1 N–H and O–H groups in total. The minimum Gasteiger partial charge on any atom is -0.450 e. The second kappa shape index (κ2) is 9.04. The van der Waals surface area contributed by atoms with Crippen LogP contribution in [0.15, 0.2) is 62.7 Å².